The second kappa shape index (κ2) is 2.62. The minimum Gasteiger partial charge on any atom is -0.384 e. The van der Waals surface area contributed by atoms with Gasteiger partial charge in [-0.05, 0) is 0 Å². The lowest BCUT2D eigenvalue weighted by Gasteiger charge is -2.16. The molecule has 0 aliphatic carbocycles. The maximum atomic E-state index is 5.52. The maximum absolute atomic E-state index is 5.52. The van der Waals surface area contributed by atoms with Crippen LogP contribution in [0.3, 0.4) is 0 Å². The van der Waals surface area contributed by atoms with E-state index in [9.17, 15) is 0 Å². The molecule has 1 aromatic rings. The van der Waals surface area contributed by atoms with Gasteiger partial charge in [-0.2, -0.15) is 0 Å². The molecule has 0 atom stereocenters. The molecule has 0 amide bonds. The first-order valence-electron chi connectivity index (χ1n) is 3.80. The number of rotatable bonds is 0. The third-order valence-electron chi connectivity index (χ3n) is 1.44. The van der Waals surface area contributed by atoms with Gasteiger partial charge in [-0.25, -0.2) is 9.97 Å². The highest BCUT2D eigenvalue weighted by Crippen LogP contribution is 2.19. The quantitative estimate of drug-likeness (QED) is 0.601. The smallest absolute Gasteiger partial charge is 0.138 e. The van der Waals surface area contributed by atoms with Gasteiger partial charge in [-0.1, -0.05) is 20.8 Å². The monoisotopic (exact) mass is 166 g/mol. The van der Waals surface area contributed by atoms with Crippen LogP contribution in [-0.4, -0.2) is 9.97 Å². The summed E-state index contributed by atoms with van der Waals surface area (Å²) in [7, 11) is 0. The van der Waals surface area contributed by atoms with Crippen LogP contribution in [-0.2, 0) is 5.41 Å². The Morgan fingerprint density at radius 1 is 1.08 bits per heavy atom. The molecule has 1 rings (SSSR count). The van der Waals surface area contributed by atoms with Crippen LogP contribution >= 0.6 is 0 Å². The average molecular weight is 166 g/mol. The van der Waals surface area contributed by atoms with Crippen LogP contribution in [0.5, 0.6) is 0 Å². The predicted molar refractivity (Wildman–Crippen MR) is 49.6 cm³/mol. The molecule has 0 aliphatic rings. The number of hydrogen-bond donors (Lipinski definition) is 2. The maximum Gasteiger partial charge on any atom is 0.138 e. The van der Waals surface area contributed by atoms with E-state index in [0.29, 0.717) is 17.5 Å². The SMILES string of the molecule is CC(C)(C)c1nc(N)cc(N)n1. The molecule has 0 spiro atoms. The van der Waals surface area contributed by atoms with Crippen molar-refractivity contribution in [3.05, 3.63) is 11.9 Å². The van der Waals surface area contributed by atoms with Crippen LogP contribution < -0.4 is 11.5 Å². The number of anilines is 2. The summed E-state index contributed by atoms with van der Waals surface area (Å²) in [5, 5.41) is 0. The van der Waals surface area contributed by atoms with Gasteiger partial charge in [0.1, 0.15) is 17.5 Å². The van der Waals surface area contributed by atoms with Gasteiger partial charge in [-0.3, -0.25) is 0 Å². The van der Waals surface area contributed by atoms with Gasteiger partial charge < -0.3 is 11.5 Å². The molecule has 1 aromatic heterocycles. The van der Waals surface area contributed by atoms with Crippen LogP contribution in [0.4, 0.5) is 11.6 Å². The largest absolute Gasteiger partial charge is 0.384 e. The molecular weight excluding hydrogens is 152 g/mol. The van der Waals surface area contributed by atoms with E-state index in [4.69, 9.17) is 11.5 Å². The lowest BCUT2D eigenvalue weighted by Crippen LogP contribution is -2.17. The normalized spacial score (nSPS) is 11.6. The second-order valence-electron chi connectivity index (χ2n) is 3.79. The Kier molecular flexibility index (Phi) is 1.92. The molecule has 0 bridgehead atoms. The Hall–Kier alpha value is -1.32. The molecule has 66 valence electrons. The highest BCUT2D eigenvalue weighted by atomic mass is 15.0. The van der Waals surface area contributed by atoms with Crippen molar-refractivity contribution in [1.82, 2.24) is 9.97 Å². The number of hydrogen-bond acceptors (Lipinski definition) is 4. The fraction of sp³-hybridized carbons (Fsp3) is 0.500. The van der Waals surface area contributed by atoms with Gasteiger partial charge in [0.05, 0.1) is 0 Å². The number of aromatic nitrogens is 2. The van der Waals surface area contributed by atoms with Crippen LogP contribution in [0, 0.1) is 0 Å². The minimum absolute atomic E-state index is 0.108. The third-order valence-corrected chi connectivity index (χ3v) is 1.44. The van der Waals surface area contributed by atoms with Crippen LogP contribution in [0.1, 0.15) is 26.6 Å². The van der Waals surface area contributed by atoms with Crippen LogP contribution in [0.25, 0.3) is 0 Å². The summed E-state index contributed by atoms with van der Waals surface area (Å²) in [6, 6.07) is 1.55. The molecule has 4 N–H and O–H groups in total. The van der Waals surface area contributed by atoms with Crippen molar-refractivity contribution in [2.24, 2.45) is 0 Å². The summed E-state index contributed by atoms with van der Waals surface area (Å²) in [5.41, 5.74) is 10.9. The molecule has 12 heavy (non-hydrogen) atoms. The summed E-state index contributed by atoms with van der Waals surface area (Å²) in [6.07, 6.45) is 0. The van der Waals surface area contributed by atoms with E-state index in [1.54, 1.807) is 6.07 Å². The predicted octanol–water partition coefficient (Wildman–Crippen LogP) is 0.939. The summed E-state index contributed by atoms with van der Waals surface area (Å²) < 4.78 is 0. The van der Waals surface area contributed by atoms with Crippen molar-refractivity contribution >= 4 is 11.6 Å². The van der Waals surface area contributed by atoms with E-state index in [0.717, 1.165) is 0 Å². The zero-order valence-corrected chi connectivity index (χ0v) is 7.63. The fourth-order valence-corrected chi connectivity index (χ4v) is 0.821. The van der Waals surface area contributed by atoms with E-state index in [1.807, 2.05) is 20.8 Å². The molecule has 0 unspecified atom stereocenters. The molecule has 0 saturated carbocycles. The van der Waals surface area contributed by atoms with Crippen LogP contribution in [0.2, 0.25) is 0 Å². The van der Waals surface area contributed by atoms with E-state index in [1.165, 1.54) is 0 Å². The Labute approximate surface area is 72.0 Å². The first-order valence-corrected chi connectivity index (χ1v) is 3.80. The highest BCUT2D eigenvalue weighted by molar-refractivity contribution is 5.41. The molecule has 4 nitrogen and oxygen atoms in total. The summed E-state index contributed by atoms with van der Waals surface area (Å²) in [6.45, 7) is 6.05. The van der Waals surface area contributed by atoms with Gasteiger partial charge in [0.25, 0.3) is 0 Å². The standard InChI is InChI=1S/C8H14N4/c1-8(2,3)7-11-5(9)4-6(10)12-7/h4H,1-3H3,(H4,9,10,11,12). The Bertz CT molecular complexity index is 267. The number of nitrogens with zero attached hydrogens (tertiary/aromatic N) is 2. The van der Waals surface area contributed by atoms with E-state index in [2.05, 4.69) is 9.97 Å². The molecular formula is C8H14N4. The van der Waals surface area contributed by atoms with Gasteiger partial charge >= 0.3 is 0 Å². The summed E-state index contributed by atoms with van der Waals surface area (Å²) in [5.74, 6) is 1.53. The lowest BCUT2D eigenvalue weighted by molar-refractivity contribution is 0.547. The second-order valence-corrected chi connectivity index (χ2v) is 3.79. The molecule has 0 fully saturated rings. The summed E-state index contributed by atoms with van der Waals surface area (Å²) >= 11 is 0. The Morgan fingerprint density at radius 3 is 1.83 bits per heavy atom. The first kappa shape index (κ1) is 8.77. The zero-order valence-electron chi connectivity index (χ0n) is 7.63. The van der Waals surface area contributed by atoms with Crippen molar-refractivity contribution in [2.45, 2.75) is 26.2 Å². The van der Waals surface area contributed by atoms with Gasteiger partial charge in [-0.15, -0.1) is 0 Å². The molecule has 1 heterocycles. The van der Waals surface area contributed by atoms with Crippen LogP contribution in [0.15, 0.2) is 6.07 Å². The lowest BCUT2D eigenvalue weighted by atomic mass is 9.96. The average Bonchev–Trinajstić information content (AvgIpc) is 1.82. The Morgan fingerprint density at radius 2 is 1.50 bits per heavy atom. The molecule has 0 aromatic carbocycles. The first-order chi connectivity index (χ1) is 5.39. The van der Waals surface area contributed by atoms with Crippen molar-refractivity contribution < 1.29 is 0 Å². The zero-order chi connectivity index (χ0) is 9.35. The van der Waals surface area contributed by atoms with Crippen molar-refractivity contribution in [3.8, 4) is 0 Å². The van der Waals surface area contributed by atoms with Gasteiger partial charge in [0.2, 0.25) is 0 Å². The number of nitrogen functional groups attached to an aromatic ring is 2. The topological polar surface area (TPSA) is 77.8 Å². The van der Waals surface area contributed by atoms with E-state index < -0.39 is 0 Å². The van der Waals surface area contributed by atoms with Crippen molar-refractivity contribution in [2.75, 3.05) is 11.5 Å². The summed E-state index contributed by atoms with van der Waals surface area (Å²) in [4.78, 5) is 8.18. The van der Waals surface area contributed by atoms with Gasteiger partial charge in [0, 0.05) is 11.5 Å². The van der Waals surface area contributed by atoms with Crippen molar-refractivity contribution in [1.29, 1.82) is 0 Å². The molecule has 0 aliphatic heterocycles. The number of nitrogens with two attached hydrogens (primary N) is 2. The third kappa shape index (κ3) is 1.84. The van der Waals surface area contributed by atoms with Crippen molar-refractivity contribution in [3.63, 3.8) is 0 Å². The van der Waals surface area contributed by atoms with E-state index in [-0.39, 0.29) is 5.41 Å². The van der Waals surface area contributed by atoms with Gasteiger partial charge in [0.15, 0.2) is 0 Å². The fourth-order valence-electron chi connectivity index (χ4n) is 0.821. The Balaban J connectivity index is 3.18. The van der Waals surface area contributed by atoms with E-state index >= 15 is 0 Å². The molecule has 0 saturated heterocycles. The molecule has 0 radical (unpaired) electrons. The molecule has 4 heteroatoms. The highest BCUT2D eigenvalue weighted by Gasteiger charge is 2.17. The minimum atomic E-state index is -0.108.